The number of rotatable bonds is 5. The van der Waals surface area contributed by atoms with Gasteiger partial charge in [0, 0.05) is 35.2 Å². The Hall–Kier alpha value is -4.57. The standard InChI is InChI=1S/C30H24ClNO9/c1-13-10-17-23(27(34)30(13)28(35)24-20(38-2)12-21(39-3)25(31)26(24)41-30)16(11-22(33)32-17)19-9-8-18(40-19)14-4-6-15(7-5-14)29(36)37/h4-9,12-13,16H,10-11H2,1-3H3,(H,32,33)(H,36,37). The smallest absolute Gasteiger partial charge is 0.335 e. The molecule has 1 aromatic heterocycles. The molecular formula is C30H24ClNO9. The Labute approximate surface area is 238 Å². The highest BCUT2D eigenvalue weighted by Gasteiger charge is 2.63. The van der Waals surface area contributed by atoms with Crippen molar-refractivity contribution in [2.75, 3.05) is 14.2 Å². The average Bonchev–Trinajstić information content (AvgIpc) is 3.56. The summed E-state index contributed by atoms with van der Waals surface area (Å²) < 4.78 is 23.1. The molecule has 0 bridgehead atoms. The van der Waals surface area contributed by atoms with Crippen LogP contribution < -0.4 is 19.5 Å². The van der Waals surface area contributed by atoms with Gasteiger partial charge in [0.1, 0.15) is 33.6 Å². The number of ether oxygens (including phenoxy) is 3. The number of carbonyl (C=O) groups is 4. The number of carboxylic acid groups (broad SMARTS) is 1. The van der Waals surface area contributed by atoms with Crippen molar-refractivity contribution in [2.24, 2.45) is 5.92 Å². The van der Waals surface area contributed by atoms with E-state index in [1.807, 2.05) is 0 Å². The number of nitrogens with one attached hydrogen (secondary N) is 1. The van der Waals surface area contributed by atoms with Crippen LogP contribution >= 0.6 is 11.6 Å². The predicted octanol–water partition coefficient (Wildman–Crippen LogP) is 4.80. The molecule has 2 N–H and O–H groups in total. The number of carbonyl (C=O) groups excluding carboxylic acids is 3. The first-order chi connectivity index (χ1) is 19.6. The summed E-state index contributed by atoms with van der Waals surface area (Å²) in [4.78, 5) is 52.5. The minimum absolute atomic E-state index is 0.0126. The number of hydrogen-bond donors (Lipinski definition) is 2. The van der Waals surface area contributed by atoms with Gasteiger partial charge in [0.05, 0.1) is 25.7 Å². The molecule has 41 heavy (non-hydrogen) atoms. The lowest BCUT2D eigenvalue weighted by Crippen LogP contribution is -2.59. The first-order valence-electron chi connectivity index (χ1n) is 12.8. The predicted molar refractivity (Wildman–Crippen MR) is 145 cm³/mol. The Morgan fingerprint density at radius 3 is 2.39 bits per heavy atom. The Morgan fingerprint density at radius 2 is 1.73 bits per heavy atom. The summed E-state index contributed by atoms with van der Waals surface area (Å²) in [5, 5.41) is 12.0. The van der Waals surface area contributed by atoms with Crippen LogP contribution in [-0.4, -0.2) is 48.4 Å². The highest BCUT2D eigenvalue weighted by molar-refractivity contribution is 6.36. The molecule has 11 heteroatoms. The van der Waals surface area contributed by atoms with E-state index < -0.39 is 35.0 Å². The molecule has 2 aliphatic heterocycles. The van der Waals surface area contributed by atoms with E-state index in [9.17, 15) is 24.3 Å². The summed E-state index contributed by atoms with van der Waals surface area (Å²) in [6.45, 7) is 1.71. The molecular weight excluding hydrogens is 554 g/mol. The van der Waals surface area contributed by atoms with Crippen LogP contribution in [0.15, 0.2) is 58.2 Å². The number of fused-ring (bicyclic) bond motifs is 1. The lowest BCUT2D eigenvalue weighted by atomic mass is 9.67. The van der Waals surface area contributed by atoms with Gasteiger partial charge in [-0.1, -0.05) is 30.7 Å². The zero-order valence-corrected chi connectivity index (χ0v) is 23.0. The number of hydrogen-bond acceptors (Lipinski definition) is 8. The fraction of sp³-hybridized carbons (Fsp3) is 0.267. The highest BCUT2D eigenvalue weighted by atomic mass is 35.5. The monoisotopic (exact) mass is 577 g/mol. The Morgan fingerprint density at radius 1 is 1.02 bits per heavy atom. The van der Waals surface area contributed by atoms with Crippen molar-refractivity contribution >= 4 is 35.0 Å². The van der Waals surface area contributed by atoms with Gasteiger partial charge in [0.2, 0.25) is 23.1 Å². The molecule has 1 amide bonds. The number of amides is 1. The van der Waals surface area contributed by atoms with Crippen LogP contribution in [0.2, 0.25) is 5.02 Å². The Bertz CT molecular complexity index is 1690. The molecule has 0 radical (unpaired) electrons. The fourth-order valence-electron chi connectivity index (χ4n) is 5.91. The summed E-state index contributed by atoms with van der Waals surface area (Å²) in [5.74, 6) is -2.75. The second kappa shape index (κ2) is 9.52. The molecule has 3 unspecified atom stereocenters. The van der Waals surface area contributed by atoms with E-state index in [0.29, 0.717) is 22.8 Å². The molecule has 0 saturated heterocycles. The van der Waals surface area contributed by atoms with Crippen molar-refractivity contribution < 1.29 is 42.9 Å². The zero-order chi connectivity index (χ0) is 29.2. The Kier molecular flexibility index (Phi) is 6.18. The number of furan rings is 1. The van der Waals surface area contributed by atoms with Gasteiger partial charge >= 0.3 is 5.97 Å². The van der Waals surface area contributed by atoms with Crippen molar-refractivity contribution in [3.63, 3.8) is 0 Å². The molecule has 3 heterocycles. The van der Waals surface area contributed by atoms with Crippen molar-refractivity contribution in [2.45, 2.75) is 31.3 Å². The molecule has 210 valence electrons. The molecule has 1 spiro atoms. The van der Waals surface area contributed by atoms with Crippen LogP contribution in [0.3, 0.4) is 0 Å². The maximum atomic E-state index is 14.4. The largest absolute Gasteiger partial charge is 0.496 e. The van der Waals surface area contributed by atoms with E-state index in [0.717, 1.165) is 0 Å². The van der Waals surface area contributed by atoms with Crippen molar-refractivity contribution in [3.05, 3.63) is 75.6 Å². The van der Waals surface area contributed by atoms with Gasteiger partial charge in [-0.2, -0.15) is 0 Å². The number of carboxylic acids is 1. The van der Waals surface area contributed by atoms with Crippen LogP contribution in [0.1, 0.15) is 52.2 Å². The molecule has 1 aliphatic carbocycles. The van der Waals surface area contributed by atoms with Gasteiger partial charge in [-0.25, -0.2) is 4.79 Å². The van der Waals surface area contributed by atoms with E-state index in [2.05, 4.69) is 5.32 Å². The van der Waals surface area contributed by atoms with E-state index >= 15 is 0 Å². The minimum atomic E-state index is -1.92. The number of methoxy groups -OCH3 is 2. The van der Waals surface area contributed by atoms with Crippen molar-refractivity contribution in [3.8, 4) is 28.6 Å². The zero-order valence-electron chi connectivity index (χ0n) is 22.2. The van der Waals surface area contributed by atoms with Gasteiger partial charge in [0.25, 0.3) is 0 Å². The van der Waals surface area contributed by atoms with Gasteiger partial charge in [-0.05, 0) is 30.7 Å². The summed E-state index contributed by atoms with van der Waals surface area (Å²) in [6.07, 6.45) is 0.101. The summed E-state index contributed by atoms with van der Waals surface area (Å²) in [6, 6.07) is 11.0. The molecule has 6 rings (SSSR count). The van der Waals surface area contributed by atoms with Crippen molar-refractivity contribution in [1.82, 2.24) is 5.32 Å². The lowest BCUT2D eigenvalue weighted by Gasteiger charge is -2.41. The number of halogens is 1. The van der Waals surface area contributed by atoms with Crippen LogP contribution in [0.4, 0.5) is 0 Å². The van der Waals surface area contributed by atoms with Crippen LogP contribution in [0, 0.1) is 5.92 Å². The van der Waals surface area contributed by atoms with E-state index in [-0.39, 0.29) is 57.7 Å². The SMILES string of the molecule is COc1cc(OC)c2c(c1Cl)OC1(C(=O)C3=C(CC1C)NC(=O)CC3c1ccc(-c3ccc(C(=O)O)cc3)o1)C2=O. The van der Waals surface area contributed by atoms with Crippen LogP contribution in [0.5, 0.6) is 17.2 Å². The molecule has 10 nitrogen and oxygen atoms in total. The first kappa shape index (κ1) is 26.6. The maximum Gasteiger partial charge on any atom is 0.335 e. The third-order valence-electron chi connectivity index (χ3n) is 7.94. The van der Waals surface area contributed by atoms with Gasteiger partial charge in [-0.15, -0.1) is 0 Å². The molecule has 3 atom stereocenters. The van der Waals surface area contributed by atoms with E-state index in [1.165, 1.54) is 32.4 Å². The number of ketones is 2. The number of benzene rings is 2. The summed E-state index contributed by atoms with van der Waals surface area (Å²) >= 11 is 6.53. The first-order valence-corrected chi connectivity index (χ1v) is 13.2. The highest BCUT2D eigenvalue weighted by Crippen LogP contribution is 2.55. The maximum absolute atomic E-state index is 14.4. The molecule has 2 aromatic carbocycles. The molecule has 3 aromatic rings. The topological polar surface area (TPSA) is 141 Å². The normalized spacial score (nSPS) is 23.2. The summed E-state index contributed by atoms with van der Waals surface area (Å²) in [7, 11) is 2.81. The van der Waals surface area contributed by atoms with Crippen molar-refractivity contribution in [1.29, 1.82) is 0 Å². The van der Waals surface area contributed by atoms with Crippen LogP contribution in [-0.2, 0) is 9.59 Å². The van der Waals surface area contributed by atoms with Crippen LogP contribution in [0.25, 0.3) is 11.3 Å². The number of Topliss-reactive ketones (excluding diaryl/α,β-unsaturated/α-hetero) is 2. The Balaban J connectivity index is 1.42. The minimum Gasteiger partial charge on any atom is -0.496 e. The lowest BCUT2D eigenvalue weighted by molar-refractivity contribution is -0.131. The summed E-state index contributed by atoms with van der Waals surface area (Å²) in [5.41, 5.74) is -0.468. The second-order valence-electron chi connectivity index (χ2n) is 10.2. The quantitative estimate of drug-likeness (QED) is 0.409. The fourth-order valence-corrected chi connectivity index (χ4v) is 6.17. The molecule has 0 saturated carbocycles. The van der Waals surface area contributed by atoms with E-state index in [1.54, 1.807) is 31.2 Å². The third kappa shape index (κ3) is 3.85. The number of aromatic carboxylic acids is 1. The number of allylic oxidation sites excluding steroid dienone is 1. The van der Waals surface area contributed by atoms with Gasteiger partial charge in [-0.3, -0.25) is 14.4 Å². The van der Waals surface area contributed by atoms with Gasteiger partial charge in [0.15, 0.2) is 5.75 Å². The van der Waals surface area contributed by atoms with Gasteiger partial charge < -0.3 is 29.1 Å². The van der Waals surface area contributed by atoms with E-state index in [4.69, 9.17) is 30.2 Å². The third-order valence-corrected chi connectivity index (χ3v) is 8.30. The average molecular weight is 578 g/mol. The molecule has 0 fully saturated rings. The molecule has 3 aliphatic rings. The second-order valence-corrected chi connectivity index (χ2v) is 10.6.